The smallest absolute Gasteiger partial charge is 0.0574 e. The molecule has 0 radical (unpaired) electrons. The number of fused-ring (bicyclic) bond motifs is 5. The van der Waals surface area contributed by atoms with Crippen molar-refractivity contribution >= 4 is 0 Å². The van der Waals surface area contributed by atoms with Crippen LogP contribution < -0.4 is 0 Å². The Balaban J connectivity index is 1.90. The molecule has 0 unspecified atom stereocenters. The van der Waals surface area contributed by atoms with Gasteiger partial charge >= 0.3 is 0 Å². The van der Waals surface area contributed by atoms with E-state index in [0.29, 0.717) is 5.92 Å². The lowest BCUT2D eigenvalue weighted by Gasteiger charge is -2.28. The van der Waals surface area contributed by atoms with Gasteiger partial charge in [-0.2, -0.15) is 0 Å². The van der Waals surface area contributed by atoms with E-state index in [-0.39, 0.29) is 6.10 Å². The normalized spacial score (nSPS) is 60.3. The standard InChI is InChI=1S/C10H16O/c11-10-5-6-4-9(10)8-3-1-2-7(6)8/h6-11H,1-5H2/t6-,7-,8-,9-,10+/m1/s1. The Hall–Kier alpha value is -0.0400. The van der Waals surface area contributed by atoms with Gasteiger partial charge in [-0.1, -0.05) is 6.42 Å². The van der Waals surface area contributed by atoms with Gasteiger partial charge in [0.1, 0.15) is 0 Å². The predicted molar refractivity (Wildman–Crippen MR) is 43.1 cm³/mol. The highest BCUT2D eigenvalue weighted by atomic mass is 16.3. The van der Waals surface area contributed by atoms with E-state index in [1.165, 1.54) is 25.7 Å². The molecule has 0 saturated heterocycles. The monoisotopic (exact) mass is 152 g/mol. The van der Waals surface area contributed by atoms with Crippen molar-refractivity contribution in [2.45, 2.75) is 38.2 Å². The summed E-state index contributed by atoms with van der Waals surface area (Å²) in [6, 6.07) is 0. The molecule has 2 bridgehead atoms. The van der Waals surface area contributed by atoms with Gasteiger partial charge in [0.05, 0.1) is 6.10 Å². The summed E-state index contributed by atoms with van der Waals surface area (Å²) in [4.78, 5) is 0. The van der Waals surface area contributed by atoms with Crippen LogP contribution in [0.3, 0.4) is 0 Å². The minimum absolute atomic E-state index is 0.0827. The Kier molecular flexibility index (Phi) is 1.18. The lowest BCUT2D eigenvalue weighted by molar-refractivity contribution is 0.0642. The number of aliphatic hydroxyl groups excluding tert-OH is 1. The minimum atomic E-state index is 0.0827. The van der Waals surface area contributed by atoms with Crippen LogP contribution in [0.15, 0.2) is 0 Å². The van der Waals surface area contributed by atoms with Crippen molar-refractivity contribution < 1.29 is 5.11 Å². The van der Waals surface area contributed by atoms with Crippen molar-refractivity contribution in [1.29, 1.82) is 0 Å². The molecule has 5 atom stereocenters. The van der Waals surface area contributed by atoms with Gasteiger partial charge in [0, 0.05) is 0 Å². The molecule has 3 aliphatic rings. The molecule has 62 valence electrons. The molecule has 0 heterocycles. The van der Waals surface area contributed by atoms with Gasteiger partial charge in [0.15, 0.2) is 0 Å². The first kappa shape index (κ1) is 6.47. The molecular formula is C10H16O. The van der Waals surface area contributed by atoms with Gasteiger partial charge in [-0.3, -0.25) is 0 Å². The van der Waals surface area contributed by atoms with Gasteiger partial charge in [-0.25, -0.2) is 0 Å². The van der Waals surface area contributed by atoms with Crippen molar-refractivity contribution in [3.63, 3.8) is 0 Å². The average Bonchev–Trinajstić information content (AvgIpc) is 2.52. The molecule has 0 aliphatic heterocycles. The molecule has 3 rings (SSSR count). The summed E-state index contributed by atoms with van der Waals surface area (Å²) in [5.74, 6) is 3.60. The molecule has 3 saturated carbocycles. The van der Waals surface area contributed by atoms with Crippen molar-refractivity contribution in [2.24, 2.45) is 23.7 Å². The van der Waals surface area contributed by atoms with Crippen molar-refractivity contribution in [1.82, 2.24) is 0 Å². The first-order valence-corrected chi connectivity index (χ1v) is 5.04. The second kappa shape index (κ2) is 2.01. The molecule has 3 fully saturated rings. The van der Waals surface area contributed by atoms with Crippen LogP contribution in [0, 0.1) is 23.7 Å². The van der Waals surface area contributed by atoms with Crippen LogP contribution in [-0.4, -0.2) is 11.2 Å². The molecule has 0 aromatic rings. The maximum atomic E-state index is 9.67. The molecule has 3 aliphatic carbocycles. The van der Waals surface area contributed by atoms with E-state index in [4.69, 9.17) is 0 Å². The summed E-state index contributed by atoms with van der Waals surface area (Å²) in [6.45, 7) is 0. The van der Waals surface area contributed by atoms with Crippen LogP contribution in [-0.2, 0) is 0 Å². The third-order valence-electron chi connectivity index (χ3n) is 4.39. The van der Waals surface area contributed by atoms with Crippen LogP contribution in [0.25, 0.3) is 0 Å². The molecule has 1 nitrogen and oxygen atoms in total. The van der Waals surface area contributed by atoms with Crippen LogP contribution in [0.5, 0.6) is 0 Å². The zero-order chi connectivity index (χ0) is 7.42. The van der Waals surface area contributed by atoms with Crippen LogP contribution in [0.2, 0.25) is 0 Å². The zero-order valence-electron chi connectivity index (χ0n) is 6.87. The van der Waals surface area contributed by atoms with E-state index in [2.05, 4.69) is 0 Å². The van der Waals surface area contributed by atoms with E-state index in [1.54, 1.807) is 0 Å². The maximum absolute atomic E-state index is 9.67. The van der Waals surface area contributed by atoms with Crippen molar-refractivity contribution in [3.05, 3.63) is 0 Å². The van der Waals surface area contributed by atoms with Crippen LogP contribution in [0.4, 0.5) is 0 Å². The van der Waals surface area contributed by atoms with Gasteiger partial charge in [0.2, 0.25) is 0 Å². The highest BCUT2D eigenvalue weighted by molar-refractivity contribution is 5.02. The zero-order valence-corrected chi connectivity index (χ0v) is 6.87. The number of rotatable bonds is 0. The summed E-state index contributed by atoms with van der Waals surface area (Å²) in [7, 11) is 0. The Morgan fingerprint density at radius 3 is 2.64 bits per heavy atom. The van der Waals surface area contributed by atoms with Crippen molar-refractivity contribution in [3.8, 4) is 0 Å². The molecule has 0 spiro atoms. The van der Waals surface area contributed by atoms with Gasteiger partial charge in [0.25, 0.3) is 0 Å². The lowest BCUT2D eigenvalue weighted by atomic mass is 9.80. The second-order valence-corrected chi connectivity index (χ2v) is 4.72. The summed E-state index contributed by atoms with van der Waals surface area (Å²) in [5, 5.41) is 9.67. The van der Waals surface area contributed by atoms with E-state index in [9.17, 15) is 5.11 Å². The first-order chi connectivity index (χ1) is 5.36. The van der Waals surface area contributed by atoms with Crippen LogP contribution in [0.1, 0.15) is 32.1 Å². The van der Waals surface area contributed by atoms with E-state index < -0.39 is 0 Å². The number of aliphatic hydroxyl groups is 1. The molecular weight excluding hydrogens is 136 g/mol. The molecule has 1 heteroatoms. The predicted octanol–water partition coefficient (Wildman–Crippen LogP) is 1.80. The number of hydrogen-bond acceptors (Lipinski definition) is 1. The lowest BCUT2D eigenvalue weighted by Crippen LogP contribution is -2.27. The summed E-state index contributed by atoms with van der Waals surface area (Å²) in [6.07, 6.45) is 6.90. The summed E-state index contributed by atoms with van der Waals surface area (Å²) >= 11 is 0. The van der Waals surface area contributed by atoms with E-state index >= 15 is 0 Å². The third kappa shape index (κ3) is 0.703. The average molecular weight is 152 g/mol. The fourth-order valence-electron chi connectivity index (χ4n) is 4.03. The molecule has 0 aromatic heterocycles. The molecule has 0 amide bonds. The fraction of sp³-hybridized carbons (Fsp3) is 1.00. The quantitative estimate of drug-likeness (QED) is 0.561. The van der Waals surface area contributed by atoms with Crippen molar-refractivity contribution in [2.75, 3.05) is 0 Å². The summed E-state index contributed by atoms with van der Waals surface area (Å²) < 4.78 is 0. The Morgan fingerprint density at radius 2 is 1.73 bits per heavy atom. The fourth-order valence-corrected chi connectivity index (χ4v) is 4.03. The largest absolute Gasteiger partial charge is 0.393 e. The van der Waals surface area contributed by atoms with Gasteiger partial charge in [-0.05, 0) is 49.4 Å². The molecule has 0 aromatic carbocycles. The minimum Gasteiger partial charge on any atom is -0.393 e. The highest BCUT2D eigenvalue weighted by Gasteiger charge is 2.53. The SMILES string of the molecule is O[C@H]1C[C@H]2C[C@@H]1[C@@H]1CCC[C@H]21. The number of hydrogen-bond donors (Lipinski definition) is 1. The van der Waals surface area contributed by atoms with E-state index in [0.717, 1.165) is 24.2 Å². The Labute approximate surface area is 67.8 Å². The Morgan fingerprint density at radius 1 is 0.909 bits per heavy atom. The van der Waals surface area contributed by atoms with E-state index in [1.807, 2.05) is 0 Å². The topological polar surface area (TPSA) is 20.2 Å². The van der Waals surface area contributed by atoms with Gasteiger partial charge < -0.3 is 5.11 Å². The van der Waals surface area contributed by atoms with Gasteiger partial charge in [-0.15, -0.1) is 0 Å². The molecule has 1 N–H and O–H groups in total. The first-order valence-electron chi connectivity index (χ1n) is 5.04. The molecule has 11 heavy (non-hydrogen) atoms. The van der Waals surface area contributed by atoms with Crippen LogP contribution >= 0.6 is 0 Å². The highest BCUT2D eigenvalue weighted by Crippen LogP contribution is 2.58. The summed E-state index contributed by atoms with van der Waals surface area (Å²) in [5.41, 5.74) is 0. The Bertz CT molecular complexity index is 178. The maximum Gasteiger partial charge on any atom is 0.0574 e. The second-order valence-electron chi connectivity index (χ2n) is 4.72. The third-order valence-corrected chi connectivity index (χ3v) is 4.39.